The molecule has 0 aromatic heterocycles. The molecule has 2 aliphatic heterocycles. The Bertz CT molecular complexity index is 1180. The van der Waals surface area contributed by atoms with Crippen molar-refractivity contribution in [1.29, 1.82) is 0 Å². The summed E-state index contributed by atoms with van der Waals surface area (Å²) >= 11 is 12.7. The van der Waals surface area contributed by atoms with Crippen LogP contribution < -0.4 is 4.74 Å². The molecule has 150 valence electrons. The Kier molecular flexibility index (Phi) is 4.60. The lowest BCUT2D eigenvalue weighted by atomic mass is 9.96. The maximum absolute atomic E-state index is 11.3. The number of ether oxygens (including phenoxy) is 1. The lowest BCUT2D eigenvalue weighted by Crippen LogP contribution is -2.33. The van der Waals surface area contributed by atoms with E-state index in [0.717, 1.165) is 16.8 Å². The molecule has 0 spiro atoms. The Morgan fingerprint density at radius 2 is 1.87 bits per heavy atom. The van der Waals surface area contributed by atoms with E-state index in [2.05, 4.69) is 0 Å². The summed E-state index contributed by atoms with van der Waals surface area (Å²) in [7, 11) is 0. The predicted octanol–water partition coefficient (Wildman–Crippen LogP) is 6.14. The molecule has 6 nitrogen and oxygen atoms in total. The molecule has 0 amide bonds. The van der Waals surface area contributed by atoms with Gasteiger partial charge in [-0.2, -0.15) is 5.10 Å². The first-order valence-corrected chi connectivity index (χ1v) is 10.1. The normalized spacial score (nSPS) is 19.5. The maximum Gasteiger partial charge on any atom is 0.269 e. The van der Waals surface area contributed by atoms with Gasteiger partial charge < -0.3 is 4.74 Å². The van der Waals surface area contributed by atoms with E-state index >= 15 is 0 Å². The van der Waals surface area contributed by atoms with Crippen LogP contribution in [0.25, 0.3) is 0 Å². The summed E-state index contributed by atoms with van der Waals surface area (Å²) in [6, 6.07) is 19.6. The summed E-state index contributed by atoms with van der Waals surface area (Å²) < 4.78 is 6.24. The molecule has 3 aromatic rings. The Hall–Kier alpha value is -3.09. The lowest BCUT2D eigenvalue weighted by molar-refractivity contribution is -0.385. The van der Waals surface area contributed by atoms with Gasteiger partial charge in [-0.1, -0.05) is 65.7 Å². The van der Waals surface area contributed by atoms with Crippen LogP contribution >= 0.6 is 23.2 Å². The topological polar surface area (TPSA) is 68.0 Å². The Morgan fingerprint density at radius 3 is 2.63 bits per heavy atom. The summed E-state index contributed by atoms with van der Waals surface area (Å²) in [6.07, 6.45) is -0.00932. The molecule has 0 saturated carbocycles. The highest BCUT2D eigenvalue weighted by molar-refractivity contribution is 6.35. The van der Waals surface area contributed by atoms with Gasteiger partial charge in [-0.05, 0) is 17.7 Å². The third-order valence-electron chi connectivity index (χ3n) is 5.28. The van der Waals surface area contributed by atoms with Crippen LogP contribution in [0.3, 0.4) is 0 Å². The third kappa shape index (κ3) is 3.18. The van der Waals surface area contributed by atoms with Gasteiger partial charge in [0.1, 0.15) is 5.75 Å². The van der Waals surface area contributed by atoms with E-state index in [-0.39, 0.29) is 11.7 Å². The van der Waals surface area contributed by atoms with Gasteiger partial charge in [-0.3, -0.25) is 10.1 Å². The number of hydrazone groups is 1. The first-order valence-electron chi connectivity index (χ1n) is 9.32. The van der Waals surface area contributed by atoms with Crippen LogP contribution in [0.1, 0.15) is 35.4 Å². The van der Waals surface area contributed by atoms with E-state index in [4.69, 9.17) is 33.0 Å². The van der Waals surface area contributed by atoms with Crippen molar-refractivity contribution >= 4 is 34.6 Å². The second-order valence-electron chi connectivity index (χ2n) is 7.14. The Labute approximate surface area is 182 Å². The Balaban J connectivity index is 1.64. The number of nitrogens with zero attached hydrogens (tertiary/aromatic N) is 3. The predicted molar refractivity (Wildman–Crippen MR) is 115 cm³/mol. The number of non-ortho nitro benzene ring substituents is 1. The second kappa shape index (κ2) is 7.31. The van der Waals surface area contributed by atoms with Crippen molar-refractivity contribution < 1.29 is 9.66 Å². The molecule has 2 unspecified atom stereocenters. The lowest BCUT2D eigenvalue weighted by Gasteiger charge is -2.38. The van der Waals surface area contributed by atoms with Gasteiger partial charge in [0.05, 0.1) is 21.7 Å². The van der Waals surface area contributed by atoms with Crippen molar-refractivity contribution in [2.24, 2.45) is 5.10 Å². The number of fused-ring (bicyclic) bond motifs is 3. The summed E-state index contributed by atoms with van der Waals surface area (Å²) in [5.74, 6) is 0.531. The first-order chi connectivity index (χ1) is 14.5. The fourth-order valence-electron chi connectivity index (χ4n) is 3.93. The highest BCUT2D eigenvalue weighted by Crippen LogP contribution is 2.50. The minimum absolute atomic E-state index is 0.00731. The standard InChI is InChI=1S/C22H15Cl2N3O3/c23-15-10-17-20-12-19(13-5-2-1-3-6-13)25-26(20)22(30-21(17)18(24)11-15)14-7-4-8-16(9-14)27(28)29/h1-11,20,22H,12H2. The van der Waals surface area contributed by atoms with Crippen LogP contribution in [0.5, 0.6) is 5.75 Å². The fraction of sp³-hybridized carbons (Fsp3) is 0.136. The Morgan fingerprint density at radius 1 is 1.07 bits per heavy atom. The highest BCUT2D eigenvalue weighted by atomic mass is 35.5. The number of nitro groups is 1. The molecule has 8 heteroatoms. The van der Waals surface area contributed by atoms with E-state index in [1.165, 1.54) is 12.1 Å². The number of nitro benzene ring substituents is 1. The van der Waals surface area contributed by atoms with Crippen molar-refractivity contribution in [2.75, 3.05) is 0 Å². The largest absolute Gasteiger partial charge is 0.463 e. The molecule has 0 N–H and O–H groups in total. The number of hydrogen-bond donors (Lipinski definition) is 0. The molecule has 2 heterocycles. The second-order valence-corrected chi connectivity index (χ2v) is 7.98. The van der Waals surface area contributed by atoms with Gasteiger partial charge in [-0.15, -0.1) is 0 Å². The quantitative estimate of drug-likeness (QED) is 0.362. The summed E-state index contributed by atoms with van der Waals surface area (Å²) in [6.45, 7) is 0. The molecule has 0 aliphatic carbocycles. The van der Waals surface area contributed by atoms with Crippen molar-refractivity contribution in [1.82, 2.24) is 5.01 Å². The van der Waals surface area contributed by atoms with Gasteiger partial charge in [0, 0.05) is 34.7 Å². The van der Waals surface area contributed by atoms with Gasteiger partial charge in [0.15, 0.2) is 0 Å². The van der Waals surface area contributed by atoms with E-state index in [0.29, 0.717) is 27.8 Å². The molecule has 30 heavy (non-hydrogen) atoms. The summed E-state index contributed by atoms with van der Waals surface area (Å²) in [5, 5.41) is 18.9. The molecular formula is C22H15Cl2N3O3. The van der Waals surface area contributed by atoms with E-state index in [9.17, 15) is 10.1 Å². The van der Waals surface area contributed by atoms with E-state index in [1.54, 1.807) is 18.2 Å². The monoisotopic (exact) mass is 439 g/mol. The van der Waals surface area contributed by atoms with Crippen molar-refractivity contribution in [3.63, 3.8) is 0 Å². The number of benzene rings is 3. The fourth-order valence-corrected chi connectivity index (χ4v) is 4.49. The van der Waals surface area contributed by atoms with Gasteiger partial charge in [0.25, 0.3) is 5.69 Å². The van der Waals surface area contributed by atoms with Crippen molar-refractivity contribution in [2.45, 2.75) is 18.7 Å². The average Bonchev–Trinajstić information content (AvgIpc) is 3.20. The average molecular weight is 440 g/mol. The molecule has 0 fully saturated rings. The maximum atomic E-state index is 11.3. The third-order valence-corrected chi connectivity index (χ3v) is 5.78. The van der Waals surface area contributed by atoms with Crippen LogP contribution in [0.15, 0.2) is 71.8 Å². The molecule has 0 saturated heterocycles. The molecule has 3 aromatic carbocycles. The van der Waals surface area contributed by atoms with Crippen LogP contribution in [0.4, 0.5) is 5.69 Å². The summed E-state index contributed by atoms with van der Waals surface area (Å²) in [5.41, 5.74) is 3.39. The molecular weight excluding hydrogens is 425 g/mol. The molecule has 0 radical (unpaired) electrons. The van der Waals surface area contributed by atoms with Crippen LogP contribution in [-0.2, 0) is 0 Å². The van der Waals surface area contributed by atoms with E-state index < -0.39 is 11.2 Å². The minimum Gasteiger partial charge on any atom is -0.463 e. The summed E-state index contributed by atoms with van der Waals surface area (Å²) in [4.78, 5) is 10.9. The minimum atomic E-state index is -0.651. The van der Waals surface area contributed by atoms with Gasteiger partial charge >= 0.3 is 0 Å². The molecule has 2 atom stereocenters. The zero-order valence-electron chi connectivity index (χ0n) is 15.5. The van der Waals surface area contributed by atoms with E-state index in [1.807, 2.05) is 41.4 Å². The first kappa shape index (κ1) is 18.9. The van der Waals surface area contributed by atoms with Gasteiger partial charge in [-0.25, -0.2) is 5.01 Å². The van der Waals surface area contributed by atoms with Crippen molar-refractivity contribution in [3.05, 3.63) is 104 Å². The highest BCUT2D eigenvalue weighted by Gasteiger charge is 2.42. The SMILES string of the molecule is O=[N+]([O-])c1cccc(C2Oc3c(Cl)cc(Cl)cc3C3CC(c4ccccc4)=NN32)c1. The van der Waals surface area contributed by atoms with Crippen molar-refractivity contribution in [3.8, 4) is 5.75 Å². The van der Waals surface area contributed by atoms with Crippen LogP contribution in [0, 0.1) is 10.1 Å². The zero-order valence-corrected chi connectivity index (χ0v) is 17.0. The molecule has 2 aliphatic rings. The molecule has 0 bridgehead atoms. The molecule has 5 rings (SSSR count). The number of hydrogen-bond acceptors (Lipinski definition) is 5. The van der Waals surface area contributed by atoms with Gasteiger partial charge in [0.2, 0.25) is 6.23 Å². The number of halogens is 2. The van der Waals surface area contributed by atoms with Crippen LogP contribution in [-0.4, -0.2) is 15.6 Å². The zero-order chi connectivity index (χ0) is 20.8. The smallest absolute Gasteiger partial charge is 0.269 e. The number of rotatable bonds is 3. The van der Waals surface area contributed by atoms with Crippen LogP contribution in [0.2, 0.25) is 10.0 Å².